The van der Waals surface area contributed by atoms with Gasteiger partial charge in [-0.15, -0.1) is 0 Å². The molecule has 1 N–H and O–H groups in total. The van der Waals surface area contributed by atoms with Crippen molar-refractivity contribution in [2.24, 2.45) is 5.92 Å². The number of ether oxygens (including phenoxy) is 1. The van der Waals surface area contributed by atoms with Gasteiger partial charge in [0, 0.05) is 13.1 Å². The van der Waals surface area contributed by atoms with E-state index in [1.54, 1.807) is 61.5 Å². The third-order valence-corrected chi connectivity index (χ3v) is 9.71. The van der Waals surface area contributed by atoms with Crippen molar-refractivity contribution in [1.82, 2.24) is 10.2 Å². The van der Waals surface area contributed by atoms with Gasteiger partial charge in [-0.3, -0.25) is 13.9 Å². The second-order valence-electron chi connectivity index (χ2n) is 11.3. The minimum atomic E-state index is -4.22. The van der Waals surface area contributed by atoms with Crippen molar-refractivity contribution in [3.8, 4) is 11.5 Å². The predicted molar refractivity (Wildman–Crippen MR) is 183 cm³/mol. The second-order valence-corrected chi connectivity index (χ2v) is 14.0. The van der Waals surface area contributed by atoms with Gasteiger partial charge >= 0.3 is 0 Å². The molecule has 0 aromatic heterocycles. The van der Waals surface area contributed by atoms with Gasteiger partial charge in [-0.25, -0.2) is 8.42 Å². The standard InChI is InChI=1S/C35H37Cl2N3O5S/c1-24(2)21-38-35(42)26(4)39(22-27-12-19-32(36)33(37)20-27)34(41)23-40(46(43,44)31-17-10-25(3)11-18-31)28-13-15-30(16-14-28)45-29-8-6-5-7-9-29/h5-20,24,26H,21-23H2,1-4H3,(H,38,42)/t26-/m1/s1. The summed E-state index contributed by atoms with van der Waals surface area (Å²) in [5.41, 5.74) is 1.76. The number of nitrogens with one attached hydrogen (secondary N) is 1. The first kappa shape index (κ1) is 34.8. The zero-order valence-corrected chi connectivity index (χ0v) is 28.4. The van der Waals surface area contributed by atoms with Crippen LogP contribution in [0, 0.1) is 12.8 Å². The molecule has 2 amide bonds. The lowest BCUT2D eigenvalue weighted by Crippen LogP contribution is -2.51. The first-order valence-corrected chi connectivity index (χ1v) is 17.0. The van der Waals surface area contributed by atoms with E-state index < -0.39 is 28.5 Å². The molecule has 0 spiro atoms. The highest BCUT2D eigenvalue weighted by atomic mass is 35.5. The molecule has 0 aliphatic carbocycles. The molecule has 0 fully saturated rings. The summed E-state index contributed by atoms with van der Waals surface area (Å²) < 4.78 is 35.2. The van der Waals surface area contributed by atoms with Gasteiger partial charge in [-0.1, -0.05) is 79.0 Å². The Morgan fingerprint density at radius 1 is 0.826 bits per heavy atom. The minimum Gasteiger partial charge on any atom is -0.457 e. The van der Waals surface area contributed by atoms with Gasteiger partial charge in [-0.2, -0.15) is 0 Å². The van der Waals surface area contributed by atoms with Crippen LogP contribution in [-0.4, -0.2) is 44.3 Å². The van der Waals surface area contributed by atoms with Crippen LogP contribution >= 0.6 is 23.2 Å². The van der Waals surface area contributed by atoms with Crippen molar-refractivity contribution in [2.75, 3.05) is 17.4 Å². The molecule has 0 radical (unpaired) electrons. The van der Waals surface area contributed by atoms with Gasteiger partial charge in [0.15, 0.2) is 0 Å². The molecular weight excluding hydrogens is 645 g/mol. The average molecular weight is 683 g/mol. The Morgan fingerprint density at radius 3 is 2.07 bits per heavy atom. The van der Waals surface area contributed by atoms with E-state index in [-0.39, 0.29) is 29.0 Å². The normalized spacial score (nSPS) is 12.0. The summed E-state index contributed by atoms with van der Waals surface area (Å²) in [7, 11) is -4.22. The van der Waals surface area contributed by atoms with Crippen LogP contribution in [0.3, 0.4) is 0 Å². The van der Waals surface area contributed by atoms with E-state index >= 15 is 0 Å². The number of para-hydroxylation sites is 1. The number of carbonyl (C=O) groups excluding carboxylic acids is 2. The number of benzene rings is 4. The summed E-state index contributed by atoms with van der Waals surface area (Å²) in [6.45, 7) is 7.24. The van der Waals surface area contributed by atoms with Crippen LogP contribution in [0.25, 0.3) is 0 Å². The fourth-order valence-corrected chi connectivity index (χ4v) is 6.28. The van der Waals surface area contributed by atoms with E-state index in [2.05, 4.69) is 5.32 Å². The summed E-state index contributed by atoms with van der Waals surface area (Å²) in [6.07, 6.45) is 0. The van der Waals surface area contributed by atoms with E-state index in [4.69, 9.17) is 27.9 Å². The quantitative estimate of drug-likeness (QED) is 0.158. The monoisotopic (exact) mass is 681 g/mol. The highest BCUT2D eigenvalue weighted by Crippen LogP contribution is 2.29. The van der Waals surface area contributed by atoms with Crippen LogP contribution < -0.4 is 14.4 Å². The van der Waals surface area contributed by atoms with Gasteiger partial charge in [0.1, 0.15) is 24.1 Å². The third kappa shape index (κ3) is 9.02. The Balaban J connectivity index is 1.70. The molecule has 0 aliphatic rings. The molecule has 0 saturated heterocycles. The van der Waals surface area contributed by atoms with Crippen molar-refractivity contribution >= 4 is 50.7 Å². The second kappa shape index (κ2) is 15.5. The van der Waals surface area contributed by atoms with E-state index in [1.165, 1.54) is 17.0 Å². The van der Waals surface area contributed by atoms with Gasteiger partial charge in [0.05, 0.1) is 20.6 Å². The number of hydrogen-bond acceptors (Lipinski definition) is 5. The number of carbonyl (C=O) groups is 2. The zero-order chi connectivity index (χ0) is 33.4. The molecule has 0 aliphatic heterocycles. The molecule has 0 saturated carbocycles. The van der Waals surface area contributed by atoms with Crippen LogP contribution in [0.15, 0.2) is 102 Å². The van der Waals surface area contributed by atoms with Crippen molar-refractivity contribution in [2.45, 2.75) is 45.2 Å². The number of sulfonamides is 1. The molecule has 0 bridgehead atoms. The molecule has 4 aromatic carbocycles. The average Bonchev–Trinajstić information content (AvgIpc) is 3.03. The van der Waals surface area contributed by atoms with Crippen LogP contribution in [0.4, 0.5) is 5.69 Å². The Morgan fingerprint density at radius 2 is 1.46 bits per heavy atom. The lowest BCUT2D eigenvalue weighted by Gasteiger charge is -2.32. The van der Waals surface area contributed by atoms with Crippen LogP contribution in [-0.2, 0) is 26.2 Å². The highest BCUT2D eigenvalue weighted by Gasteiger charge is 2.32. The van der Waals surface area contributed by atoms with Crippen molar-refractivity contribution in [3.63, 3.8) is 0 Å². The van der Waals surface area contributed by atoms with Crippen molar-refractivity contribution in [3.05, 3.63) is 118 Å². The number of hydrogen-bond donors (Lipinski definition) is 1. The zero-order valence-electron chi connectivity index (χ0n) is 26.1. The molecule has 0 unspecified atom stereocenters. The Labute approximate surface area is 280 Å². The maximum absolute atomic E-state index is 14.2. The number of nitrogens with zero attached hydrogens (tertiary/aromatic N) is 2. The number of amides is 2. The Kier molecular flexibility index (Phi) is 11.7. The summed E-state index contributed by atoms with van der Waals surface area (Å²) in [5.74, 6) is 0.360. The van der Waals surface area contributed by atoms with Crippen molar-refractivity contribution in [1.29, 1.82) is 0 Å². The van der Waals surface area contributed by atoms with Gasteiger partial charge in [0.25, 0.3) is 10.0 Å². The maximum Gasteiger partial charge on any atom is 0.264 e. The first-order chi connectivity index (χ1) is 21.8. The van der Waals surface area contributed by atoms with Gasteiger partial charge < -0.3 is 15.0 Å². The van der Waals surface area contributed by atoms with E-state index in [0.29, 0.717) is 33.7 Å². The number of aryl methyl sites for hydroxylation is 1. The van der Waals surface area contributed by atoms with Crippen LogP contribution in [0.2, 0.25) is 10.0 Å². The number of anilines is 1. The molecular formula is C35H37Cl2N3O5S. The molecule has 1 atom stereocenters. The highest BCUT2D eigenvalue weighted by molar-refractivity contribution is 7.92. The fourth-order valence-electron chi connectivity index (χ4n) is 4.54. The summed E-state index contributed by atoms with van der Waals surface area (Å²) >= 11 is 12.4. The van der Waals surface area contributed by atoms with Crippen molar-refractivity contribution < 1.29 is 22.7 Å². The number of rotatable bonds is 13. The molecule has 46 heavy (non-hydrogen) atoms. The number of halogens is 2. The first-order valence-electron chi connectivity index (χ1n) is 14.8. The third-order valence-electron chi connectivity index (χ3n) is 7.18. The fraction of sp³-hybridized carbons (Fsp3) is 0.257. The maximum atomic E-state index is 14.2. The lowest BCUT2D eigenvalue weighted by molar-refractivity contribution is -0.139. The topological polar surface area (TPSA) is 96.0 Å². The summed E-state index contributed by atoms with van der Waals surface area (Å²) in [6, 6.07) is 26.0. The van der Waals surface area contributed by atoms with E-state index in [9.17, 15) is 18.0 Å². The van der Waals surface area contributed by atoms with Crippen LogP contribution in [0.5, 0.6) is 11.5 Å². The molecule has 8 nitrogen and oxygen atoms in total. The molecule has 242 valence electrons. The SMILES string of the molecule is Cc1ccc(S(=O)(=O)N(CC(=O)N(Cc2ccc(Cl)c(Cl)c2)[C@H](C)C(=O)NCC(C)C)c2ccc(Oc3ccccc3)cc2)cc1. The van der Waals surface area contributed by atoms with Gasteiger partial charge in [-0.05, 0) is 86.0 Å². The molecule has 0 heterocycles. The summed E-state index contributed by atoms with van der Waals surface area (Å²) in [5, 5.41) is 3.51. The lowest BCUT2D eigenvalue weighted by atomic mass is 10.1. The van der Waals surface area contributed by atoms with Gasteiger partial charge in [0.2, 0.25) is 11.8 Å². The molecule has 4 aromatic rings. The van der Waals surface area contributed by atoms with E-state index in [1.807, 2.05) is 51.1 Å². The minimum absolute atomic E-state index is 0.00569. The summed E-state index contributed by atoms with van der Waals surface area (Å²) in [4.78, 5) is 28.7. The largest absolute Gasteiger partial charge is 0.457 e. The smallest absolute Gasteiger partial charge is 0.264 e. The molecule has 4 rings (SSSR count). The Hall–Kier alpha value is -4.05. The molecule has 11 heteroatoms. The Bertz CT molecular complexity index is 1750. The van der Waals surface area contributed by atoms with Crippen LogP contribution in [0.1, 0.15) is 31.9 Å². The van der Waals surface area contributed by atoms with E-state index in [0.717, 1.165) is 9.87 Å². The predicted octanol–water partition coefficient (Wildman–Crippen LogP) is 7.48.